The summed E-state index contributed by atoms with van der Waals surface area (Å²) in [6.07, 6.45) is 0.102. The molecule has 0 aliphatic carbocycles. The molecule has 0 amide bonds. The Kier molecular flexibility index (Phi) is 3.85. The van der Waals surface area contributed by atoms with Crippen LogP contribution in [-0.4, -0.2) is 41.5 Å². The highest BCUT2D eigenvalue weighted by Crippen LogP contribution is 2.22. The first kappa shape index (κ1) is 13.5. The maximum Gasteiger partial charge on any atom is 0.321 e. The Hall–Kier alpha value is -1.88. The number of ether oxygens (including phenoxy) is 1. The van der Waals surface area contributed by atoms with Gasteiger partial charge in [-0.2, -0.15) is 0 Å². The zero-order valence-corrected chi connectivity index (χ0v) is 11.0. The summed E-state index contributed by atoms with van der Waals surface area (Å²) < 4.78 is 5.18. The number of hydrogen-bond acceptors (Lipinski definition) is 4. The van der Waals surface area contributed by atoms with Crippen LogP contribution in [0.3, 0.4) is 0 Å². The van der Waals surface area contributed by atoms with Crippen LogP contribution < -0.4 is 4.74 Å². The van der Waals surface area contributed by atoms with Gasteiger partial charge in [0.05, 0.1) is 13.7 Å². The van der Waals surface area contributed by atoms with E-state index in [0.29, 0.717) is 6.54 Å². The fourth-order valence-corrected chi connectivity index (χ4v) is 2.43. The van der Waals surface area contributed by atoms with Crippen molar-refractivity contribution in [3.8, 4) is 5.75 Å². The Labute approximate surface area is 111 Å². The Morgan fingerprint density at radius 2 is 2.26 bits per heavy atom. The Morgan fingerprint density at radius 3 is 2.84 bits per heavy atom. The molecule has 0 aromatic heterocycles. The predicted octanol–water partition coefficient (Wildman–Crippen LogP) is 1.23. The topological polar surface area (TPSA) is 66.8 Å². The van der Waals surface area contributed by atoms with Crippen molar-refractivity contribution in [2.45, 2.75) is 25.9 Å². The molecule has 1 saturated heterocycles. The number of carbonyl (C=O) groups excluding carboxylic acids is 1. The standard InChI is InChI=1S/C14H17NO4/c1-9-5-10(3-4-13(9)19-2)7-15-8-11(16)6-12(15)14(17)18/h3-5,12H,6-8H2,1-2H3,(H,17,18). The SMILES string of the molecule is COc1ccc(CN2CC(=O)CC2C(=O)O)cc1C. The highest BCUT2D eigenvalue weighted by atomic mass is 16.5. The van der Waals surface area contributed by atoms with Crippen molar-refractivity contribution in [1.82, 2.24) is 4.90 Å². The van der Waals surface area contributed by atoms with Gasteiger partial charge in [-0.25, -0.2) is 0 Å². The molecule has 1 aliphatic rings. The Balaban J connectivity index is 2.14. The number of carbonyl (C=O) groups is 2. The van der Waals surface area contributed by atoms with Crippen molar-refractivity contribution in [2.24, 2.45) is 0 Å². The van der Waals surface area contributed by atoms with Gasteiger partial charge in [0.1, 0.15) is 17.6 Å². The van der Waals surface area contributed by atoms with E-state index in [9.17, 15) is 9.59 Å². The van der Waals surface area contributed by atoms with E-state index in [2.05, 4.69) is 0 Å². The van der Waals surface area contributed by atoms with Gasteiger partial charge in [-0.1, -0.05) is 12.1 Å². The van der Waals surface area contributed by atoms with Crippen molar-refractivity contribution in [2.75, 3.05) is 13.7 Å². The number of ketones is 1. The molecule has 2 rings (SSSR count). The third-order valence-electron chi connectivity index (χ3n) is 3.37. The molecule has 0 spiro atoms. The van der Waals surface area contributed by atoms with Gasteiger partial charge in [-0.3, -0.25) is 14.5 Å². The molecule has 1 aromatic carbocycles. The van der Waals surface area contributed by atoms with Crippen molar-refractivity contribution in [3.05, 3.63) is 29.3 Å². The number of hydrogen-bond donors (Lipinski definition) is 1. The fourth-order valence-electron chi connectivity index (χ4n) is 2.43. The molecule has 0 bridgehead atoms. The molecule has 102 valence electrons. The van der Waals surface area contributed by atoms with Crippen molar-refractivity contribution >= 4 is 11.8 Å². The highest BCUT2D eigenvalue weighted by molar-refractivity contribution is 5.90. The smallest absolute Gasteiger partial charge is 0.321 e. The van der Waals surface area contributed by atoms with Gasteiger partial charge in [0.15, 0.2) is 0 Å². The summed E-state index contributed by atoms with van der Waals surface area (Å²) in [5.74, 6) is -0.148. The predicted molar refractivity (Wildman–Crippen MR) is 69.2 cm³/mol. The number of carboxylic acids is 1. The van der Waals surface area contributed by atoms with Crippen LogP contribution in [-0.2, 0) is 16.1 Å². The molecule has 1 fully saturated rings. The second-order valence-electron chi connectivity index (χ2n) is 4.81. The lowest BCUT2D eigenvalue weighted by molar-refractivity contribution is -0.142. The lowest BCUT2D eigenvalue weighted by atomic mass is 10.1. The monoisotopic (exact) mass is 263 g/mol. The molecule has 5 heteroatoms. The van der Waals surface area contributed by atoms with Crippen molar-refractivity contribution < 1.29 is 19.4 Å². The number of methoxy groups -OCH3 is 1. The van der Waals surface area contributed by atoms with Crippen molar-refractivity contribution in [1.29, 1.82) is 0 Å². The average molecular weight is 263 g/mol. The van der Waals surface area contributed by atoms with E-state index < -0.39 is 12.0 Å². The highest BCUT2D eigenvalue weighted by Gasteiger charge is 2.35. The molecular weight excluding hydrogens is 246 g/mol. The Morgan fingerprint density at radius 1 is 1.53 bits per heavy atom. The number of benzene rings is 1. The molecule has 1 heterocycles. The summed E-state index contributed by atoms with van der Waals surface area (Å²) in [6, 6.07) is 5.02. The van der Waals surface area contributed by atoms with Crippen LogP contribution in [0.2, 0.25) is 0 Å². The van der Waals surface area contributed by atoms with Gasteiger partial charge >= 0.3 is 5.97 Å². The quantitative estimate of drug-likeness (QED) is 0.885. The number of aryl methyl sites for hydroxylation is 1. The van der Waals surface area contributed by atoms with Gasteiger partial charge in [-0.05, 0) is 24.1 Å². The third kappa shape index (κ3) is 2.93. The zero-order valence-electron chi connectivity index (χ0n) is 11.0. The molecule has 0 saturated carbocycles. The first-order valence-electron chi connectivity index (χ1n) is 6.13. The molecule has 1 aromatic rings. The lowest BCUT2D eigenvalue weighted by Crippen LogP contribution is -2.35. The van der Waals surface area contributed by atoms with Crippen LogP contribution in [0.1, 0.15) is 17.5 Å². The van der Waals surface area contributed by atoms with Crippen LogP contribution in [0, 0.1) is 6.92 Å². The maximum absolute atomic E-state index is 11.4. The summed E-state index contributed by atoms with van der Waals surface area (Å²) in [5, 5.41) is 9.10. The summed E-state index contributed by atoms with van der Waals surface area (Å²) in [5.41, 5.74) is 1.98. The van der Waals surface area contributed by atoms with E-state index >= 15 is 0 Å². The summed E-state index contributed by atoms with van der Waals surface area (Å²) in [7, 11) is 1.61. The number of Topliss-reactive ketones (excluding diaryl/α,β-unsaturated/α-hetero) is 1. The number of aliphatic carboxylic acids is 1. The second-order valence-corrected chi connectivity index (χ2v) is 4.81. The van der Waals surface area contributed by atoms with Crippen LogP contribution >= 0.6 is 0 Å². The van der Waals surface area contributed by atoms with Crippen molar-refractivity contribution in [3.63, 3.8) is 0 Å². The molecule has 1 aliphatic heterocycles. The van der Waals surface area contributed by atoms with E-state index in [1.54, 1.807) is 12.0 Å². The minimum absolute atomic E-state index is 0.0161. The van der Waals surface area contributed by atoms with Gasteiger partial charge in [-0.15, -0.1) is 0 Å². The number of nitrogens with zero attached hydrogens (tertiary/aromatic N) is 1. The normalized spacial score (nSPS) is 19.7. The van der Waals surface area contributed by atoms with E-state index in [1.807, 2.05) is 25.1 Å². The van der Waals surface area contributed by atoms with Crippen LogP contribution in [0.4, 0.5) is 0 Å². The Bertz CT molecular complexity index is 512. The van der Waals surface area contributed by atoms with E-state index in [-0.39, 0.29) is 18.7 Å². The van der Waals surface area contributed by atoms with Gasteiger partial charge in [0.2, 0.25) is 0 Å². The maximum atomic E-state index is 11.4. The van der Waals surface area contributed by atoms with Crippen LogP contribution in [0.5, 0.6) is 5.75 Å². The summed E-state index contributed by atoms with van der Waals surface area (Å²) in [6.45, 7) is 2.61. The molecule has 1 unspecified atom stereocenters. The third-order valence-corrected chi connectivity index (χ3v) is 3.37. The number of likely N-dealkylation sites (tertiary alicyclic amines) is 1. The van der Waals surface area contributed by atoms with Gasteiger partial charge in [0.25, 0.3) is 0 Å². The largest absolute Gasteiger partial charge is 0.496 e. The molecule has 19 heavy (non-hydrogen) atoms. The van der Waals surface area contributed by atoms with E-state index in [0.717, 1.165) is 16.9 Å². The van der Waals surface area contributed by atoms with Gasteiger partial charge < -0.3 is 9.84 Å². The lowest BCUT2D eigenvalue weighted by Gasteiger charge is -2.20. The molecular formula is C14H17NO4. The van der Waals surface area contributed by atoms with E-state index in [4.69, 9.17) is 9.84 Å². The van der Waals surface area contributed by atoms with Crippen LogP contribution in [0.15, 0.2) is 18.2 Å². The first-order chi connectivity index (χ1) is 9.01. The summed E-state index contributed by atoms with van der Waals surface area (Å²) >= 11 is 0. The second kappa shape index (κ2) is 5.40. The number of carboxylic acid groups (broad SMARTS) is 1. The minimum Gasteiger partial charge on any atom is -0.496 e. The summed E-state index contributed by atoms with van der Waals surface area (Å²) in [4.78, 5) is 24.2. The van der Waals surface area contributed by atoms with E-state index in [1.165, 1.54) is 0 Å². The molecule has 5 nitrogen and oxygen atoms in total. The average Bonchev–Trinajstić information content (AvgIpc) is 2.70. The van der Waals surface area contributed by atoms with Gasteiger partial charge in [0, 0.05) is 13.0 Å². The minimum atomic E-state index is -0.934. The number of rotatable bonds is 4. The molecule has 1 atom stereocenters. The fraction of sp³-hybridized carbons (Fsp3) is 0.429. The van der Waals surface area contributed by atoms with Crippen LogP contribution in [0.25, 0.3) is 0 Å². The molecule has 0 radical (unpaired) electrons. The first-order valence-corrected chi connectivity index (χ1v) is 6.13. The zero-order chi connectivity index (χ0) is 14.0. The molecule has 1 N–H and O–H groups in total.